The molecule has 7 heteroatoms. The van der Waals surface area contributed by atoms with E-state index in [0.717, 1.165) is 12.1 Å². The molecule has 0 heterocycles. The monoisotopic (exact) mass is 303 g/mol. The van der Waals surface area contributed by atoms with Crippen LogP contribution in [0, 0.1) is 5.92 Å². The van der Waals surface area contributed by atoms with Crippen molar-refractivity contribution < 1.29 is 28.2 Å². The third-order valence-corrected chi connectivity index (χ3v) is 3.68. The molecule has 1 aliphatic rings. The van der Waals surface area contributed by atoms with Crippen molar-refractivity contribution >= 4 is 5.91 Å². The molecule has 1 fully saturated rings. The zero-order valence-electron chi connectivity index (χ0n) is 11.1. The number of hydrogen-bond donors (Lipinski definition) is 3. The number of benzene rings is 1. The van der Waals surface area contributed by atoms with Gasteiger partial charge in [-0.05, 0) is 31.0 Å². The fourth-order valence-corrected chi connectivity index (χ4v) is 2.52. The Labute approximate surface area is 119 Å². The maximum atomic E-state index is 12.6. The summed E-state index contributed by atoms with van der Waals surface area (Å²) in [6.07, 6.45) is -4.51. The van der Waals surface area contributed by atoms with Crippen molar-refractivity contribution in [3.63, 3.8) is 0 Å². The Balaban J connectivity index is 2.05. The fraction of sp³-hybridized carbons (Fsp3) is 0.500. The Morgan fingerprint density at radius 2 is 2.05 bits per heavy atom. The van der Waals surface area contributed by atoms with Crippen LogP contribution in [-0.4, -0.2) is 34.9 Å². The number of alkyl halides is 3. The number of halogens is 3. The molecule has 1 saturated carbocycles. The first-order valence-electron chi connectivity index (χ1n) is 6.58. The van der Waals surface area contributed by atoms with Crippen LogP contribution in [0.25, 0.3) is 0 Å². The van der Waals surface area contributed by atoms with Gasteiger partial charge in [-0.3, -0.25) is 4.79 Å². The Morgan fingerprint density at radius 1 is 1.33 bits per heavy atom. The molecule has 0 radical (unpaired) electrons. The van der Waals surface area contributed by atoms with Crippen LogP contribution in [0.2, 0.25) is 0 Å². The van der Waals surface area contributed by atoms with Crippen LogP contribution >= 0.6 is 0 Å². The molecule has 0 bridgehead atoms. The largest absolute Gasteiger partial charge is 0.416 e. The lowest BCUT2D eigenvalue weighted by Gasteiger charge is -2.13. The van der Waals surface area contributed by atoms with Crippen molar-refractivity contribution in [2.45, 2.75) is 31.2 Å². The summed E-state index contributed by atoms with van der Waals surface area (Å²) in [5.74, 6) is -0.923. The van der Waals surface area contributed by atoms with Crippen molar-refractivity contribution in [3.8, 4) is 0 Å². The van der Waals surface area contributed by atoms with E-state index in [4.69, 9.17) is 5.11 Å². The summed E-state index contributed by atoms with van der Waals surface area (Å²) in [5.41, 5.74) is -0.957. The molecule has 0 unspecified atom stereocenters. The first kappa shape index (κ1) is 15.8. The zero-order chi connectivity index (χ0) is 15.6. The highest BCUT2D eigenvalue weighted by atomic mass is 19.4. The van der Waals surface area contributed by atoms with E-state index in [0.29, 0.717) is 6.42 Å². The van der Waals surface area contributed by atoms with Gasteiger partial charge >= 0.3 is 6.18 Å². The minimum Gasteiger partial charge on any atom is -0.396 e. The molecule has 116 valence electrons. The van der Waals surface area contributed by atoms with E-state index >= 15 is 0 Å². The van der Waals surface area contributed by atoms with Gasteiger partial charge in [0.1, 0.15) is 0 Å². The number of amides is 1. The maximum Gasteiger partial charge on any atom is 0.416 e. The van der Waals surface area contributed by atoms with Gasteiger partial charge in [-0.1, -0.05) is 6.07 Å². The number of carbonyl (C=O) groups is 1. The van der Waals surface area contributed by atoms with Crippen LogP contribution in [0.5, 0.6) is 0 Å². The Morgan fingerprint density at radius 3 is 2.62 bits per heavy atom. The van der Waals surface area contributed by atoms with E-state index in [9.17, 15) is 23.1 Å². The van der Waals surface area contributed by atoms with Crippen LogP contribution < -0.4 is 5.32 Å². The lowest BCUT2D eigenvalue weighted by atomic mass is 10.1. The van der Waals surface area contributed by atoms with Crippen LogP contribution in [0.4, 0.5) is 13.2 Å². The fourth-order valence-electron chi connectivity index (χ4n) is 2.52. The van der Waals surface area contributed by atoms with Gasteiger partial charge in [0.25, 0.3) is 5.91 Å². The predicted octanol–water partition coefficient (Wildman–Crippen LogP) is 1.57. The Bertz CT molecular complexity index is 518. The smallest absolute Gasteiger partial charge is 0.396 e. The Kier molecular flexibility index (Phi) is 4.53. The van der Waals surface area contributed by atoms with Gasteiger partial charge in [0.15, 0.2) is 0 Å². The first-order valence-corrected chi connectivity index (χ1v) is 6.58. The van der Waals surface area contributed by atoms with E-state index in [1.807, 2.05) is 0 Å². The zero-order valence-corrected chi connectivity index (χ0v) is 11.1. The molecule has 1 amide bonds. The molecule has 3 N–H and O–H groups in total. The average molecular weight is 303 g/mol. The van der Waals surface area contributed by atoms with Gasteiger partial charge in [0, 0.05) is 24.1 Å². The molecule has 2 rings (SSSR count). The molecule has 1 aromatic rings. The van der Waals surface area contributed by atoms with Crippen molar-refractivity contribution in [1.29, 1.82) is 0 Å². The highest BCUT2D eigenvalue weighted by Gasteiger charge is 2.34. The molecule has 1 aromatic carbocycles. The van der Waals surface area contributed by atoms with Crippen LogP contribution in [0.15, 0.2) is 24.3 Å². The van der Waals surface area contributed by atoms with Gasteiger partial charge < -0.3 is 15.5 Å². The van der Waals surface area contributed by atoms with Crippen molar-refractivity contribution in [2.75, 3.05) is 6.61 Å². The molecule has 0 aromatic heterocycles. The predicted molar refractivity (Wildman–Crippen MR) is 68.5 cm³/mol. The van der Waals surface area contributed by atoms with Gasteiger partial charge in [-0.15, -0.1) is 0 Å². The number of carbonyl (C=O) groups excluding carboxylic acids is 1. The third-order valence-electron chi connectivity index (χ3n) is 3.68. The number of hydrogen-bond acceptors (Lipinski definition) is 3. The van der Waals surface area contributed by atoms with E-state index in [1.165, 1.54) is 12.1 Å². The minimum atomic E-state index is -4.50. The van der Waals surface area contributed by atoms with E-state index in [2.05, 4.69) is 5.32 Å². The summed E-state index contributed by atoms with van der Waals surface area (Å²) in [6.45, 7) is -0.183. The van der Waals surface area contributed by atoms with Gasteiger partial charge in [0.05, 0.1) is 11.7 Å². The lowest BCUT2D eigenvalue weighted by molar-refractivity contribution is -0.137. The topological polar surface area (TPSA) is 69.6 Å². The molecule has 4 nitrogen and oxygen atoms in total. The summed E-state index contributed by atoms with van der Waals surface area (Å²) < 4.78 is 37.8. The lowest BCUT2D eigenvalue weighted by Crippen LogP contribution is -2.33. The van der Waals surface area contributed by atoms with Crippen molar-refractivity contribution in [1.82, 2.24) is 5.32 Å². The van der Waals surface area contributed by atoms with Crippen LogP contribution in [-0.2, 0) is 6.18 Å². The number of aliphatic hydroxyl groups excluding tert-OH is 2. The molecule has 1 aliphatic carbocycles. The molecule has 0 aliphatic heterocycles. The highest BCUT2D eigenvalue weighted by Crippen LogP contribution is 2.30. The summed E-state index contributed by atoms with van der Waals surface area (Å²) in [6, 6.07) is 3.83. The molecule has 3 atom stereocenters. The molecule has 0 spiro atoms. The summed E-state index contributed by atoms with van der Waals surface area (Å²) in [4.78, 5) is 12.0. The van der Waals surface area contributed by atoms with E-state index in [1.54, 1.807) is 0 Å². The normalized spacial score (nSPS) is 25.9. The standard InChI is InChI=1S/C14H16F3NO3/c15-14(16,17)10-3-1-2-8(4-10)13(21)18-11-5-9(7-19)12(20)6-11/h1-4,9,11-12,19-20H,5-7H2,(H,18,21)/t9-,11+,12+/m0/s1. The number of aliphatic hydroxyl groups is 2. The highest BCUT2D eigenvalue weighted by molar-refractivity contribution is 5.94. The number of rotatable bonds is 3. The SMILES string of the molecule is O=C(N[C@@H]1C[C@@H](CO)[C@H](O)C1)c1cccc(C(F)(F)F)c1. The van der Waals surface area contributed by atoms with Crippen LogP contribution in [0.1, 0.15) is 28.8 Å². The second kappa shape index (κ2) is 6.03. The second-order valence-corrected chi connectivity index (χ2v) is 5.23. The van der Waals surface area contributed by atoms with E-state index in [-0.39, 0.29) is 30.6 Å². The van der Waals surface area contributed by atoms with E-state index < -0.39 is 23.8 Å². The summed E-state index contributed by atoms with van der Waals surface area (Å²) in [7, 11) is 0. The first-order chi connectivity index (χ1) is 9.81. The van der Waals surface area contributed by atoms with Crippen molar-refractivity contribution in [3.05, 3.63) is 35.4 Å². The van der Waals surface area contributed by atoms with Crippen molar-refractivity contribution in [2.24, 2.45) is 5.92 Å². The third kappa shape index (κ3) is 3.74. The summed E-state index contributed by atoms with van der Waals surface area (Å²) >= 11 is 0. The molecular formula is C14H16F3NO3. The van der Waals surface area contributed by atoms with Gasteiger partial charge in [0.2, 0.25) is 0 Å². The molecular weight excluding hydrogens is 287 g/mol. The van der Waals surface area contributed by atoms with Gasteiger partial charge in [-0.25, -0.2) is 0 Å². The quantitative estimate of drug-likeness (QED) is 0.794. The molecule has 21 heavy (non-hydrogen) atoms. The van der Waals surface area contributed by atoms with Gasteiger partial charge in [-0.2, -0.15) is 13.2 Å². The molecule has 0 saturated heterocycles. The maximum absolute atomic E-state index is 12.6. The minimum absolute atomic E-state index is 0.0771. The van der Waals surface area contributed by atoms with Crippen LogP contribution in [0.3, 0.4) is 0 Å². The Hall–Kier alpha value is -1.60. The summed E-state index contributed by atoms with van der Waals surface area (Å²) in [5, 5.41) is 21.3. The number of nitrogens with one attached hydrogen (secondary N) is 1. The second-order valence-electron chi connectivity index (χ2n) is 5.23. The average Bonchev–Trinajstić information content (AvgIpc) is 2.78.